The fraction of sp³-hybridized carbons (Fsp3) is 0.273. The highest BCUT2D eigenvalue weighted by molar-refractivity contribution is 6.08. The Kier molecular flexibility index (Phi) is 1.58. The summed E-state index contributed by atoms with van der Waals surface area (Å²) in [6.07, 6.45) is 1.09. The summed E-state index contributed by atoms with van der Waals surface area (Å²) < 4.78 is 0. The van der Waals surface area contributed by atoms with Crippen molar-refractivity contribution in [3.8, 4) is 5.75 Å². The van der Waals surface area contributed by atoms with Gasteiger partial charge in [0.15, 0.2) is 0 Å². The zero-order valence-electron chi connectivity index (χ0n) is 8.41. The number of phenols is 1. The summed E-state index contributed by atoms with van der Waals surface area (Å²) in [5.74, 6) is -0.148. The lowest BCUT2D eigenvalue weighted by molar-refractivity contribution is -0.124. The van der Waals surface area contributed by atoms with Gasteiger partial charge in [0, 0.05) is 5.56 Å². The Labute approximate surface area is 91.5 Å². The second kappa shape index (κ2) is 2.75. The van der Waals surface area contributed by atoms with Crippen LogP contribution in [0.1, 0.15) is 17.5 Å². The van der Waals surface area contributed by atoms with E-state index >= 15 is 0 Å². The highest BCUT2D eigenvalue weighted by Crippen LogP contribution is 2.42. The van der Waals surface area contributed by atoms with Gasteiger partial charge in [0.1, 0.15) is 11.3 Å². The first-order chi connectivity index (χ1) is 7.63. The Morgan fingerprint density at radius 1 is 1.31 bits per heavy atom. The average molecular weight is 218 g/mol. The molecule has 82 valence electrons. The van der Waals surface area contributed by atoms with Gasteiger partial charge < -0.3 is 10.4 Å². The number of rotatable bonds is 0. The molecule has 1 atom stereocenters. The lowest BCUT2D eigenvalue weighted by Gasteiger charge is -2.20. The van der Waals surface area contributed by atoms with Crippen LogP contribution in [-0.4, -0.2) is 17.0 Å². The number of amides is 3. The summed E-state index contributed by atoms with van der Waals surface area (Å²) in [6.45, 7) is 0. The van der Waals surface area contributed by atoms with E-state index in [1.54, 1.807) is 18.2 Å². The molecule has 5 heteroatoms. The Hall–Kier alpha value is -2.04. The van der Waals surface area contributed by atoms with Gasteiger partial charge in [0.05, 0.1) is 0 Å². The van der Waals surface area contributed by atoms with Crippen molar-refractivity contribution in [2.75, 3.05) is 0 Å². The maximum absolute atomic E-state index is 11.8. The molecule has 0 saturated carbocycles. The van der Waals surface area contributed by atoms with Crippen LogP contribution in [-0.2, 0) is 16.8 Å². The normalized spacial score (nSPS) is 26.8. The number of urea groups is 1. The van der Waals surface area contributed by atoms with E-state index in [0.717, 1.165) is 5.56 Å². The number of imide groups is 1. The molecule has 3 rings (SSSR count). The van der Waals surface area contributed by atoms with Crippen molar-refractivity contribution in [1.82, 2.24) is 10.6 Å². The van der Waals surface area contributed by atoms with Gasteiger partial charge in [-0.1, -0.05) is 12.1 Å². The third-order valence-corrected chi connectivity index (χ3v) is 3.30. The van der Waals surface area contributed by atoms with Crippen LogP contribution in [0.15, 0.2) is 18.2 Å². The smallest absolute Gasteiger partial charge is 0.322 e. The first-order valence-corrected chi connectivity index (χ1v) is 5.08. The number of aromatic hydroxyl groups is 1. The Morgan fingerprint density at radius 2 is 2.12 bits per heavy atom. The molecule has 1 heterocycles. The third-order valence-electron chi connectivity index (χ3n) is 3.30. The fourth-order valence-electron chi connectivity index (χ4n) is 2.54. The number of phenolic OH excluding ortho intramolecular Hbond substituents is 1. The Balaban J connectivity index is 2.19. The molecule has 3 amide bonds. The minimum Gasteiger partial charge on any atom is -0.508 e. The van der Waals surface area contributed by atoms with Crippen molar-refractivity contribution in [3.63, 3.8) is 0 Å². The lowest BCUT2D eigenvalue weighted by atomic mass is 9.92. The van der Waals surface area contributed by atoms with Crippen LogP contribution in [0, 0.1) is 0 Å². The number of hydrogen-bond donors (Lipinski definition) is 3. The summed E-state index contributed by atoms with van der Waals surface area (Å²) in [6, 6.07) is 4.57. The number of fused-ring (bicyclic) bond motifs is 2. The van der Waals surface area contributed by atoms with E-state index in [0.29, 0.717) is 18.4 Å². The Bertz CT molecular complexity index is 512. The molecule has 5 nitrogen and oxygen atoms in total. The van der Waals surface area contributed by atoms with Crippen LogP contribution >= 0.6 is 0 Å². The van der Waals surface area contributed by atoms with Gasteiger partial charge in [-0.2, -0.15) is 0 Å². The highest BCUT2D eigenvalue weighted by atomic mass is 16.3. The molecule has 1 aliphatic carbocycles. The van der Waals surface area contributed by atoms with Crippen molar-refractivity contribution < 1.29 is 14.7 Å². The van der Waals surface area contributed by atoms with E-state index in [1.165, 1.54) is 0 Å². The van der Waals surface area contributed by atoms with Crippen LogP contribution in [0.3, 0.4) is 0 Å². The maximum Gasteiger partial charge on any atom is 0.322 e. The van der Waals surface area contributed by atoms with Crippen molar-refractivity contribution in [2.45, 2.75) is 18.4 Å². The van der Waals surface area contributed by atoms with Gasteiger partial charge in [-0.25, -0.2) is 4.79 Å². The summed E-state index contributed by atoms with van der Waals surface area (Å²) in [7, 11) is 0. The standard InChI is InChI=1S/C11H10N2O3/c14-8-3-1-2-7-6(8)4-5-11(7)9(15)12-10(16)13-11/h1-3,14H,4-5H2,(H2,12,13,15,16)/t11-/m1/s1. The van der Waals surface area contributed by atoms with Crippen LogP contribution in [0.2, 0.25) is 0 Å². The van der Waals surface area contributed by atoms with Crippen molar-refractivity contribution in [2.24, 2.45) is 0 Å². The first-order valence-electron chi connectivity index (χ1n) is 5.08. The SMILES string of the molecule is O=C1NC(=O)[C@]2(CCc3c(O)cccc32)N1. The van der Waals surface area contributed by atoms with E-state index in [4.69, 9.17) is 0 Å². The zero-order valence-corrected chi connectivity index (χ0v) is 8.41. The minimum absolute atomic E-state index is 0.184. The second-order valence-electron chi connectivity index (χ2n) is 4.12. The number of carbonyl (C=O) groups excluding carboxylic acids is 2. The monoisotopic (exact) mass is 218 g/mol. The molecule has 0 bridgehead atoms. The zero-order chi connectivity index (χ0) is 11.3. The molecule has 0 radical (unpaired) electrons. The summed E-state index contributed by atoms with van der Waals surface area (Å²) in [5.41, 5.74) is 0.487. The fourth-order valence-corrected chi connectivity index (χ4v) is 2.54. The van der Waals surface area contributed by atoms with E-state index in [2.05, 4.69) is 10.6 Å². The minimum atomic E-state index is -0.967. The summed E-state index contributed by atoms with van der Waals surface area (Å²) in [5, 5.41) is 14.6. The number of benzene rings is 1. The molecule has 1 spiro atoms. The molecular weight excluding hydrogens is 208 g/mol. The van der Waals surface area contributed by atoms with Crippen LogP contribution in [0.4, 0.5) is 4.79 Å². The van der Waals surface area contributed by atoms with E-state index in [-0.39, 0.29) is 11.7 Å². The van der Waals surface area contributed by atoms with Gasteiger partial charge in [-0.15, -0.1) is 0 Å². The predicted octanol–water partition coefficient (Wildman–Crippen LogP) is 0.373. The van der Waals surface area contributed by atoms with Crippen LogP contribution in [0.25, 0.3) is 0 Å². The van der Waals surface area contributed by atoms with Gasteiger partial charge in [-0.3, -0.25) is 10.1 Å². The molecule has 3 N–H and O–H groups in total. The van der Waals surface area contributed by atoms with Crippen molar-refractivity contribution in [3.05, 3.63) is 29.3 Å². The van der Waals surface area contributed by atoms with E-state index < -0.39 is 11.6 Å². The van der Waals surface area contributed by atoms with Gasteiger partial charge in [0.2, 0.25) is 0 Å². The quantitative estimate of drug-likeness (QED) is 0.550. The molecule has 0 unspecified atom stereocenters. The highest BCUT2D eigenvalue weighted by Gasteiger charge is 2.51. The molecule has 0 aromatic heterocycles. The van der Waals surface area contributed by atoms with E-state index in [9.17, 15) is 14.7 Å². The maximum atomic E-state index is 11.8. The van der Waals surface area contributed by atoms with Crippen LogP contribution in [0.5, 0.6) is 5.75 Å². The third kappa shape index (κ3) is 0.946. The molecule has 1 aromatic carbocycles. The Morgan fingerprint density at radius 3 is 2.81 bits per heavy atom. The molecule has 1 aromatic rings. The number of carbonyl (C=O) groups is 2. The largest absolute Gasteiger partial charge is 0.508 e. The molecule has 2 aliphatic rings. The van der Waals surface area contributed by atoms with Gasteiger partial charge in [-0.05, 0) is 24.5 Å². The first kappa shape index (κ1) is 9.21. The lowest BCUT2D eigenvalue weighted by Crippen LogP contribution is -2.41. The van der Waals surface area contributed by atoms with Crippen molar-refractivity contribution in [1.29, 1.82) is 0 Å². The van der Waals surface area contributed by atoms with E-state index in [1.807, 2.05) is 0 Å². The molecular formula is C11H10N2O3. The topological polar surface area (TPSA) is 78.4 Å². The molecule has 16 heavy (non-hydrogen) atoms. The second-order valence-corrected chi connectivity index (χ2v) is 4.12. The number of hydrogen-bond acceptors (Lipinski definition) is 3. The summed E-state index contributed by atoms with van der Waals surface area (Å²) >= 11 is 0. The van der Waals surface area contributed by atoms with Crippen LogP contribution < -0.4 is 10.6 Å². The predicted molar refractivity (Wildman–Crippen MR) is 54.8 cm³/mol. The molecule has 1 saturated heterocycles. The van der Waals surface area contributed by atoms with Gasteiger partial charge >= 0.3 is 6.03 Å². The summed E-state index contributed by atoms with van der Waals surface area (Å²) in [4.78, 5) is 23.0. The number of nitrogens with one attached hydrogen (secondary N) is 2. The average Bonchev–Trinajstić information content (AvgIpc) is 2.72. The van der Waals surface area contributed by atoms with Gasteiger partial charge in [0.25, 0.3) is 5.91 Å². The molecule has 1 fully saturated rings. The molecule has 1 aliphatic heterocycles. The van der Waals surface area contributed by atoms with Crippen molar-refractivity contribution >= 4 is 11.9 Å².